The van der Waals surface area contributed by atoms with Crippen molar-refractivity contribution < 1.29 is 29.3 Å². The van der Waals surface area contributed by atoms with E-state index >= 15 is 0 Å². The third-order valence-electron chi connectivity index (χ3n) is 4.61. The first kappa shape index (κ1) is 25.0. The van der Waals surface area contributed by atoms with Crippen LogP contribution in [0.5, 0.6) is 11.5 Å². The largest absolute Gasteiger partial charge is 0.505 e. The maximum atomic E-state index is 12.5. The van der Waals surface area contributed by atoms with Crippen molar-refractivity contribution >= 4 is 58.3 Å². The zero-order chi connectivity index (χ0) is 24.1. The van der Waals surface area contributed by atoms with Crippen LogP contribution in [0.1, 0.15) is 32.2 Å². The van der Waals surface area contributed by atoms with E-state index in [0.29, 0.717) is 0 Å². The maximum Gasteiger partial charge on any atom is 0.338 e. The van der Waals surface area contributed by atoms with Gasteiger partial charge in [0.2, 0.25) is 0 Å². The smallest absolute Gasteiger partial charge is 0.338 e. The number of ether oxygens (including phenoxy) is 2. The van der Waals surface area contributed by atoms with Crippen molar-refractivity contribution in [3.05, 3.63) is 91.4 Å². The summed E-state index contributed by atoms with van der Waals surface area (Å²) < 4.78 is 10.8. The van der Waals surface area contributed by atoms with Crippen molar-refractivity contribution in [2.24, 2.45) is 0 Å². The molecule has 6 nitrogen and oxygen atoms in total. The van der Waals surface area contributed by atoms with E-state index in [-0.39, 0.29) is 55.9 Å². The fourth-order valence-electron chi connectivity index (χ4n) is 2.85. The fourth-order valence-corrected chi connectivity index (χ4v) is 3.83. The monoisotopic (exact) mass is 528 g/mol. The Labute approximate surface area is 209 Å². The number of rotatable bonds is 7. The average molecular weight is 530 g/mol. The van der Waals surface area contributed by atoms with Crippen LogP contribution in [0, 0.1) is 0 Å². The normalized spacial score (nSPS) is 10.8. The van der Waals surface area contributed by atoms with E-state index < -0.39 is 17.9 Å². The molecule has 2 N–H and O–H groups in total. The SMILES string of the molecule is O=C(OCC(COC(=O)c1cc(Cl)c(O)c(Cl)c1)c1ccccc1)c1cc(Cl)c(O)c(Cl)c1. The van der Waals surface area contributed by atoms with Gasteiger partial charge in [0.25, 0.3) is 0 Å². The molecule has 0 aromatic heterocycles. The Hall–Kier alpha value is -2.64. The summed E-state index contributed by atoms with van der Waals surface area (Å²) in [5, 5.41) is 18.9. The molecule has 0 saturated heterocycles. The Morgan fingerprint density at radius 1 is 0.697 bits per heavy atom. The first-order valence-electron chi connectivity index (χ1n) is 9.42. The topological polar surface area (TPSA) is 93.1 Å². The third-order valence-corrected chi connectivity index (χ3v) is 5.76. The Morgan fingerprint density at radius 3 is 1.42 bits per heavy atom. The van der Waals surface area contributed by atoms with Gasteiger partial charge in [0.1, 0.15) is 13.2 Å². The highest BCUT2D eigenvalue weighted by Gasteiger charge is 2.21. The maximum absolute atomic E-state index is 12.5. The van der Waals surface area contributed by atoms with Gasteiger partial charge in [-0.15, -0.1) is 0 Å². The van der Waals surface area contributed by atoms with Gasteiger partial charge in [0.15, 0.2) is 11.5 Å². The number of benzene rings is 3. The van der Waals surface area contributed by atoms with Crippen LogP contribution >= 0.6 is 46.4 Å². The summed E-state index contributed by atoms with van der Waals surface area (Å²) in [6.45, 7) is -0.243. The molecule has 33 heavy (non-hydrogen) atoms. The number of esters is 2. The molecule has 0 radical (unpaired) electrons. The van der Waals surface area contributed by atoms with Crippen molar-refractivity contribution in [2.45, 2.75) is 5.92 Å². The number of hydrogen-bond donors (Lipinski definition) is 2. The minimum absolute atomic E-state index is 0.0555. The minimum Gasteiger partial charge on any atom is -0.505 e. The first-order valence-corrected chi connectivity index (χ1v) is 10.9. The zero-order valence-corrected chi connectivity index (χ0v) is 19.8. The molecule has 0 fully saturated rings. The molecule has 3 aromatic carbocycles. The lowest BCUT2D eigenvalue weighted by Crippen LogP contribution is -2.20. The van der Waals surface area contributed by atoms with Crippen LogP contribution in [0.3, 0.4) is 0 Å². The molecule has 0 saturated carbocycles. The summed E-state index contributed by atoms with van der Waals surface area (Å²) in [7, 11) is 0. The summed E-state index contributed by atoms with van der Waals surface area (Å²) in [5.74, 6) is -2.60. The van der Waals surface area contributed by atoms with Gasteiger partial charge < -0.3 is 19.7 Å². The van der Waals surface area contributed by atoms with Crippen LogP contribution in [-0.4, -0.2) is 35.4 Å². The summed E-state index contributed by atoms with van der Waals surface area (Å²) in [6, 6.07) is 14.0. The molecule has 0 heterocycles. The quantitative estimate of drug-likeness (QED) is 0.339. The Balaban J connectivity index is 1.72. The van der Waals surface area contributed by atoms with E-state index in [1.54, 1.807) is 24.3 Å². The van der Waals surface area contributed by atoms with Crippen molar-refractivity contribution in [1.29, 1.82) is 0 Å². The predicted octanol–water partition coefficient (Wildman–Crippen LogP) is 6.51. The van der Waals surface area contributed by atoms with Gasteiger partial charge in [-0.05, 0) is 29.8 Å². The molecule has 0 aliphatic rings. The third kappa shape index (κ3) is 6.24. The van der Waals surface area contributed by atoms with E-state index in [2.05, 4.69) is 0 Å². The highest BCUT2D eigenvalue weighted by molar-refractivity contribution is 6.38. The van der Waals surface area contributed by atoms with Gasteiger partial charge in [-0.3, -0.25) is 0 Å². The second-order valence-electron chi connectivity index (χ2n) is 6.88. The van der Waals surface area contributed by atoms with Crippen LogP contribution in [0.25, 0.3) is 0 Å². The Morgan fingerprint density at radius 2 is 1.06 bits per heavy atom. The molecule has 0 atom stereocenters. The number of aromatic hydroxyl groups is 2. The molecule has 0 bridgehead atoms. The number of phenols is 2. The second kappa shape index (κ2) is 11.0. The number of carbonyl (C=O) groups excluding carboxylic acids is 2. The van der Waals surface area contributed by atoms with Gasteiger partial charge in [0, 0.05) is 0 Å². The Bertz CT molecular complexity index is 1060. The molecule has 172 valence electrons. The van der Waals surface area contributed by atoms with Crippen molar-refractivity contribution in [2.75, 3.05) is 13.2 Å². The lowest BCUT2D eigenvalue weighted by Gasteiger charge is -2.18. The molecule has 0 aliphatic heterocycles. The van der Waals surface area contributed by atoms with Gasteiger partial charge in [-0.25, -0.2) is 9.59 Å². The van der Waals surface area contributed by atoms with Crippen LogP contribution in [0.2, 0.25) is 20.1 Å². The van der Waals surface area contributed by atoms with Gasteiger partial charge in [-0.1, -0.05) is 76.7 Å². The lowest BCUT2D eigenvalue weighted by atomic mass is 10.0. The van der Waals surface area contributed by atoms with Crippen LogP contribution in [0.4, 0.5) is 0 Å². The van der Waals surface area contributed by atoms with E-state index in [9.17, 15) is 19.8 Å². The average Bonchev–Trinajstić information content (AvgIpc) is 2.80. The highest BCUT2D eigenvalue weighted by Crippen LogP contribution is 2.34. The van der Waals surface area contributed by atoms with Crippen molar-refractivity contribution in [3.8, 4) is 11.5 Å². The predicted molar refractivity (Wildman–Crippen MR) is 126 cm³/mol. The number of halogens is 4. The van der Waals surface area contributed by atoms with E-state index in [1.807, 2.05) is 6.07 Å². The lowest BCUT2D eigenvalue weighted by molar-refractivity contribution is 0.0347. The molecule has 0 amide bonds. The van der Waals surface area contributed by atoms with E-state index in [0.717, 1.165) is 5.56 Å². The summed E-state index contributed by atoms with van der Waals surface area (Å²) in [4.78, 5) is 25.0. The van der Waals surface area contributed by atoms with Gasteiger partial charge in [0.05, 0.1) is 37.1 Å². The van der Waals surface area contributed by atoms with Gasteiger partial charge >= 0.3 is 11.9 Å². The number of phenolic OH excluding ortho intramolecular Hbond substituents is 2. The number of hydrogen-bond acceptors (Lipinski definition) is 6. The summed E-state index contributed by atoms with van der Waals surface area (Å²) in [6.07, 6.45) is 0. The van der Waals surface area contributed by atoms with E-state index in [4.69, 9.17) is 55.9 Å². The Kier molecular flexibility index (Phi) is 8.32. The highest BCUT2D eigenvalue weighted by atomic mass is 35.5. The van der Waals surface area contributed by atoms with Gasteiger partial charge in [-0.2, -0.15) is 0 Å². The van der Waals surface area contributed by atoms with Crippen LogP contribution < -0.4 is 0 Å². The minimum atomic E-state index is -0.719. The van der Waals surface area contributed by atoms with Crippen LogP contribution in [-0.2, 0) is 9.47 Å². The molecule has 3 rings (SSSR count). The molecule has 0 aliphatic carbocycles. The molecule has 0 spiro atoms. The summed E-state index contributed by atoms with van der Waals surface area (Å²) >= 11 is 23.4. The standard InChI is InChI=1S/C23H16Cl4O6/c24-16-6-13(7-17(25)20(16)28)22(30)32-10-15(12-4-2-1-3-5-12)11-33-23(31)14-8-18(26)21(29)19(27)9-14/h1-9,15,28-29H,10-11H2. The van der Waals surface area contributed by atoms with Crippen LogP contribution in [0.15, 0.2) is 54.6 Å². The molecular formula is C23H16Cl4O6. The van der Waals surface area contributed by atoms with Crippen molar-refractivity contribution in [1.82, 2.24) is 0 Å². The first-order chi connectivity index (χ1) is 15.7. The molecule has 3 aromatic rings. The molecular weight excluding hydrogens is 514 g/mol. The van der Waals surface area contributed by atoms with E-state index in [1.165, 1.54) is 24.3 Å². The fraction of sp³-hybridized carbons (Fsp3) is 0.130. The molecule has 10 heteroatoms. The van der Waals surface area contributed by atoms with Crippen molar-refractivity contribution in [3.63, 3.8) is 0 Å². The second-order valence-corrected chi connectivity index (χ2v) is 8.51. The summed E-state index contributed by atoms with van der Waals surface area (Å²) in [5.41, 5.74) is 0.876. The molecule has 0 unspecified atom stereocenters. The number of carbonyl (C=O) groups is 2. The zero-order valence-electron chi connectivity index (χ0n) is 16.7.